The van der Waals surface area contributed by atoms with Crippen LogP contribution < -0.4 is 0 Å². The van der Waals surface area contributed by atoms with Crippen molar-refractivity contribution in [1.82, 2.24) is 0 Å². The number of hydrogen-bond acceptors (Lipinski definition) is 2. The first kappa shape index (κ1) is 14.5. The Morgan fingerprint density at radius 1 is 1.22 bits per heavy atom. The summed E-state index contributed by atoms with van der Waals surface area (Å²) in [4.78, 5) is 12.8. The van der Waals surface area contributed by atoms with Crippen LogP contribution >= 0.6 is 66.4 Å². The Hall–Kier alpha value is 0.130. The minimum Gasteiger partial charge on any atom is -0.293 e. The Balaban J connectivity index is 2.21. The third-order valence-electron chi connectivity index (χ3n) is 2.29. The highest BCUT2D eigenvalue weighted by Crippen LogP contribution is 2.33. The summed E-state index contributed by atoms with van der Waals surface area (Å²) < 4.78 is 1.70. The van der Waals surface area contributed by atoms with Gasteiger partial charge in [0.25, 0.3) is 0 Å². The summed E-state index contributed by atoms with van der Waals surface area (Å²) in [7, 11) is 0. The third kappa shape index (κ3) is 3.17. The van der Waals surface area contributed by atoms with E-state index in [1.165, 1.54) is 11.3 Å². The maximum Gasteiger partial charge on any atom is 0.178 e. The summed E-state index contributed by atoms with van der Waals surface area (Å²) in [6.07, 6.45) is 0.308. The van der Waals surface area contributed by atoms with Crippen LogP contribution in [0.4, 0.5) is 0 Å². The zero-order chi connectivity index (χ0) is 13.3. The van der Waals surface area contributed by atoms with E-state index in [1.54, 1.807) is 12.1 Å². The number of benzene rings is 1. The molecule has 1 aromatic carbocycles. The predicted molar refractivity (Wildman–Crippen MR) is 84.2 cm³/mol. The van der Waals surface area contributed by atoms with Gasteiger partial charge in [-0.1, -0.05) is 29.3 Å². The van der Waals surface area contributed by atoms with Crippen LogP contribution in [0.5, 0.6) is 0 Å². The Morgan fingerprint density at radius 3 is 2.50 bits per heavy atom. The van der Waals surface area contributed by atoms with E-state index >= 15 is 0 Å². The molecule has 2 rings (SSSR count). The van der Waals surface area contributed by atoms with Crippen molar-refractivity contribution in [3.05, 3.63) is 53.0 Å². The molecular formula is C12H6Br2Cl2OS. The monoisotopic (exact) mass is 426 g/mol. The molecule has 0 aliphatic rings. The molecule has 0 saturated carbocycles. The molecule has 0 fully saturated rings. The first-order chi connectivity index (χ1) is 8.49. The maximum atomic E-state index is 12.1. The smallest absolute Gasteiger partial charge is 0.178 e. The van der Waals surface area contributed by atoms with Crippen molar-refractivity contribution >= 4 is 72.2 Å². The van der Waals surface area contributed by atoms with Crippen LogP contribution in [0.2, 0.25) is 10.0 Å². The molecule has 1 nitrogen and oxygen atoms in total. The topological polar surface area (TPSA) is 17.1 Å². The average Bonchev–Trinajstić information content (AvgIpc) is 2.65. The lowest BCUT2D eigenvalue weighted by atomic mass is 10.1. The van der Waals surface area contributed by atoms with E-state index in [0.717, 1.165) is 14.5 Å². The first-order valence-corrected chi connectivity index (χ1v) is 8.11. The normalized spacial score (nSPS) is 10.7. The van der Waals surface area contributed by atoms with Gasteiger partial charge in [0.05, 0.1) is 19.4 Å². The molecule has 2 aromatic rings. The van der Waals surface area contributed by atoms with Gasteiger partial charge in [0.15, 0.2) is 5.78 Å². The minimum absolute atomic E-state index is 0.0518. The highest BCUT2D eigenvalue weighted by atomic mass is 79.9. The Labute approximate surface area is 135 Å². The molecule has 0 spiro atoms. The predicted octanol–water partition coefficient (Wildman–Crippen LogP) is 6.01. The largest absolute Gasteiger partial charge is 0.293 e. The van der Waals surface area contributed by atoms with Crippen molar-refractivity contribution in [3.63, 3.8) is 0 Å². The van der Waals surface area contributed by atoms with Gasteiger partial charge in [-0.15, -0.1) is 11.3 Å². The number of hydrogen-bond donors (Lipinski definition) is 0. The van der Waals surface area contributed by atoms with Gasteiger partial charge >= 0.3 is 0 Å². The molecule has 94 valence electrons. The van der Waals surface area contributed by atoms with Crippen molar-refractivity contribution in [3.8, 4) is 0 Å². The minimum atomic E-state index is 0.0518. The fourth-order valence-electron chi connectivity index (χ4n) is 1.43. The zero-order valence-corrected chi connectivity index (χ0v) is 14.3. The molecule has 0 unspecified atom stereocenters. The number of Topliss-reactive ketones (excluding diaryl/α,β-unsaturated/α-hetero) is 1. The van der Waals surface area contributed by atoms with Crippen molar-refractivity contribution in [2.45, 2.75) is 6.42 Å². The summed E-state index contributed by atoms with van der Waals surface area (Å²) in [5, 5.41) is 2.84. The second kappa shape index (κ2) is 6.06. The van der Waals surface area contributed by atoms with E-state index in [9.17, 15) is 4.79 Å². The second-order valence-electron chi connectivity index (χ2n) is 3.58. The number of carbonyl (C=O) groups excluding carboxylic acids is 1. The van der Waals surface area contributed by atoms with Crippen LogP contribution in [0.1, 0.15) is 15.2 Å². The SMILES string of the molecule is O=C(Cc1ccc(Cl)c(Cl)c1)c1scc(Br)c1Br. The number of halogens is 4. The molecule has 0 amide bonds. The molecular weight excluding hydrogens is 423 g/mol. The lowest BCUT2D eigenvalue weighted by molar-refractivity contribution is 0.0996. The van der Waals surface area contributed by atoms with Gasteiger partial charge in [0, 0.05) is 16.3 Å². The molecule has 0 saturated heterocycles. The second-order valence-corrected chi connectivity index (χ2v) is 6.92. The van der Waals surface area contributed by atoms with E-state index < -0.39 is 0 Å². The van der Waals surface area contributed by atoms with Gasteiger partial charge in [0.2, 0.25) is 0 Å². The number of ketones is 1. The molecule has 18 heavy (non-hydrogen) atoms. The number of rotatable bonds is 3. The van der Waals surface area contributed by atoms with E-state index in [4.69, 9.17) is 23.2 Å². The van der Waals surface area contributed by atoms with Crippen LogP contribution in [0.25, 0.3) is 0 Å². The van der Waals surface area contributed by atoms with E-state index in [2.05, 4.69) is 31.9 Å². The summed E-state index contributed by atoms with van der Waals surface area (Å²) in [5.41, 5.74) is 0.853. The molecule has 0 atom stereocenters. The highest BCUT2D eigenvalue weighted by Gasteiger charge is 2.15. The molecule has 6 heteroatoms. The summed E-state index contributed by atoms with van der Waals surface area (Å²) in [6, 6.07) is 5.23. The quantitative estimate of drug-likeness (QED) is 0.547. The van der Waals surface area contributed by atoms with Crippen LogP contribution in [-0.2, 0) is 6.42 Å². The summed E-state index contributed by atoms with van der Waals surface area (Å²) in [5.74, 6) is 0.0518. The van der Waals surface area contributed by atoms with Gasteiger partial charge in [-0.2, -0.15) is 0 Å². The third-order valence-corrected chi connectivity index (χ3v) is 6.60. The average molecular weight is 429 g/mol. The molecule has 0 aliphatic carbocycles. The van der Waals surface area contributed by atoms with Crippen molar-refractivity contribution in [1.29, 1.82) is 0 Å². The molecule has 0 bridgehead atoms. The number of carbonyl (C=O) groups is 1. The van der Waals surface area contributed by atoms with Crippen LogP contribution in [-0.4, -0.2) is 5.78 Å². The maximum absolute atomic E-state index is 12.1. The molecule has 1 heterocycles. The van der Waals surface area contributed by atoms with E-state index in [-0.39, 0.29) is 5.78 Å². The lowest BCUT2D eigenvalue weighted by Gasteiger charge is -2.02. The van der Waals surface area contributed by atoms with E-state index in [1.807, 2.05) is 11.4 Å². The zero-order valence-electron chi connectivity index (χ0n) is 8.84. The molecule has 0 radical (unpaired) electrons. The van der Waals surface area contributed by atoms with Crippen LogP contribution in [0, 0.1) is 0 Å². The Morgan fingerprint density at radius 2 is 1.94 bits per heavy atom. The van der Waals surface area contributed by atoms with Gasteiger partial charge in [-0.3, -0.25) is 4.79 Å². The number of thiophene rings is 1. The Kier molecular flexibility index (Phi) is 4.89. The highest BCUT2D eigenvalue weighted by molar-refractivity contribution is 9.13. The van der Waals surface area contributed by atoms with Crippen molar-refractivity contribution in [2.75, 3.05) is 0 Å². The van der Waals surface area contributed by atoms with Crippen LogP contribution in [0.15, 0.2) is 32.5 Å². The fraction of sp³-hybridized carbons (Fsp3) is 0.0833. The van der Waals surface area contributed by atoms with Crippen molar-refractivity contribution < 1.29 is 4.79 Å². The van der Waals surface area contributed by atoms with Crippen LogP contribution in [0.3, 0.4) is 0 Å². The standard InChI is InChI=1S/C12H6Br2Cl2OS/c13-7-5-18-12(11(7)14)10(17)4-6-1-2-8(15)9(16)3-6/h1-3,5H,4H2. The molecule has 0 N–H and O–H groups in total. The van der Waals surface area contributed by atoms with Gasteiger partial charge in [-0.05, 0) is 49.6 Å². The van der Waals surface area contributed by atoms with Gasteiger partial charge in [-0.25, -0.2) is 0 Å². The van der Waals surface area contributed by atoms with Gasteiger partial charge in [0.1, 0.15) is 0 Å². The lowest BCUT2D eigenvalue weighted by Crippen LogP contribution is -2.02. The van der Waals surface area contributed by atoms with Crippen molar-refractivity contribution in [2.24, 2.45) is 0 Å². The molecule has 1 aromatic heterocycles. The fourth-order valence-corrected chi connectivity index (χ4v) is 3.88. The Bertz CT molecular complexity index is 610. The van der Waals surface area contributed by atoms with E-state index in [0.29, 0.717) is 21.3 Å². The van der Waals surface area contributed by atoms with Gasteiger partial charge < -0.3 is 0 Å². The summed E-state index contributed by atoms with van der Waals surface area (Å²) >= 11 is 19.9. The first-order valence-electron chi connectivity index (χ1n) is 4.88. The molecule has 0 aliphatic heterocycles. The summed E-state index contributed by atoms with van der Waals surface area (Å²) in [6.45, 7) is 0.